The van der Waals surface area contributed by atoms with Crippen LogP contribution in [0.4, 0.5) is 0 Å². The molecule has 2 heterocycles. The van der Waals surface area contributed by atoms with Crippen molar-refractivity contribution in [2.75, 3.05) is 24.7 Å². The number of aromatic nitrogens is 2. The van der Waals surface area contributed by atoms with Gasteiger partial charge in [0.2, 0.25) is 0 Å². The minimum atomic E-state index is -3.11. The first-order chi connectivity index (χ1) is 15.3. The molecule has 0 radical (unpaired) electrons. The van der Waals surface area contributed by atoms with E-state index >= 15 is 0 Å². The number of amides is 1. The maximum Gasteiger partial charge on any atom is 0.338 e. The van der Waals surface area contributed by atoms with Gasteiger partial charge < -0.3 is 9.64 Å². The highest BCUT2D eigenvalue weighted by atomic mass is 32.2. The fourth-order valence-corrected chi connectivity index (χ4v) is 5.91. The Labute approximate surface area is 186 Å². The molecule has 2 aromatic carbocycles. The van der Waals surface area contributed by atoms with Gasteiger partial charge in [-0.2, -0.15) is 0 Å². The number of hydrogen-bond donors (Lipinski definition) is 0. The third kappa shape index (κ3) is 4.38. The standard InChI is InChI=1S/C23H25N3O5S/c1-3-25(19-11-12-32(29,30)15-19)22(27)14-31-23(28)17-9-10-21-20(13-17)24-16(2)26(21)18-7-5-4-6-8-18/h4-10,13,19H,3,11-12,14-15H2,1-2H3/t19-/m0/s1. The number of carbonyl (C=O) groups is 2. The Morgan fingerprint density at radius 2 is 1.94 bits per heavy atom. The Bertz CT molecular complexity index is 1270. The summed E-state index contributed by atoms with van der Waals surface area (Å²) in [6.07, 6.45) is 0.413. The average molecular weight is 456 g/mol. The van der Waals surface area contributed by atoms with E-state index in [4.69, 9.17) is 4.74 Å². The van der Waals surface area contributed by atoms with Gasteiger partial charge in [-0.05, 0) is 50.6 Å². The van der Waals surface area contributed by atoms with Crippen LogP contribution in [0.3, 0.4) is 0 Å². The smallest absolute Gasteiger partial charge is 0.338 e. The number of carbonyl (C=O) groups excluding carboxylic acids is 2. The molecule has 168 valence electrons. The zero-order chi connectivity index (χ0) is 22.9. The number of nitrogens with zero attached hydrogens (tertiary/aromatic N) is 3. The SMILES string of the molecule is CCN(C(=O)COC(=O)c1ccc2c(c1)nc(C)n2-c1ccccc1)[C@H]1CCS(=O)(=O)C1. The second kappa shape index (κ2) is 8.74. The molecule has 0 saturated carbocycles. The number of sulfone groups is 1. The number of esters is 1. The molecular weight excluding hydrogens is 430 g/mol. The largest absolute Gasteiger partial charge is 0.452 e. The molecule has 4 rings (SSSR count). The summed E-state index contributed by atoms with van der Waals surface area (Å²) >= 11 is 0. The molecule has 1 saturated heterocycles. The normalized spacial score (nSPS) is 17.4. The lowest BCUT2D eigenvalue weighted by molar-refractivity contribution is -0.136. The first-order valence-corrected chi connectivity index (χ1v) is 12.3. The molecule has 1 aliphatic rings. The fraction of sp³-hybridized carbons (Fsp3) is 0.348. The molecule has 8 nitrogen and oxygen atoms in total. The number of aryl methyl sites for hydroxylation is 1. The van der Waals surface area contributed by atoms with Crippen LogP contribution in [0, 0.1) is 6.92 Å². The van der Waals surface area contributed by atoms with Crippen LogP contribution < -0.4 is 0 Å². The molecule has 9 heteroatoms. The first-order valence-electron chi connectivity index (χ1n) is 10.5. The second-order valence-electron chi connectivity index (χ2n) is 7.85. The number of likely N-dealkylation sites (N-methyl/N-ethyl adjacent to an activating group) is 1. The van der Waals surface area contributed by atoms with E-state index in [2.05, 4.69) is 4.98 Å². The topological polar surface area (TPSA) is 98.6 Å². The molecule has 1 aliphatic heterocycles. The van der Waals surface area contributed by atoms with Crippen molar-refractivity contribution < 1.29 is 22.7 Å². The predicted octanol–water partition coefficient (Wildman–Crippen LogP) is 2.53. The molecule has 32 heavy (non-hydrogen) atoms. The molecule has 0 spiro atoms. The number of hydrogen-bond acceptors (Lipinski definition) is 6. The zero-order valence-electron chi connectivity index (χ0n) is 18.0. The zero-order valence-corrected chi connectivity index (χ0v) is 18.8. The van der Waals surface area contributed by atoms with Gasteiger partial charge in [0.15, 0.2) is 16.4 Å². The maximum absolute atomic E-state index is 12.6. The van der Waals surface area contributed by atoms with Crippen LogP contribution in [0.2, 0.25) is 0 Å². The predicted molar refractivity (Wildman–Crippen MR) is 121 cm³/mol. The van der Waals surface area contributed by atoms with E-state index in [1.54, 1.807) is 19.1 Å². The molecule has 1 aromatic heterocycles. The van der Waals surface area contributed by atoms with Crippen molar-refractivity contribution in [1.29, 1.82) is 0 Å². The third-order valence-electron chi connectivity index (χ3n) is 5.71. The molecule has 1 fully saturated rings. The van der Waals surface area contributed by atoms with Gasteiger partial charge in [-0.3, -0.25) is 9.36 Å². The highest BCUT2D eigenvalue weighted by Crippen LogP contribution is 2.23. The van der Waals surface area contributed by atoms with Gasteiger partial charge in [-0.25, -0.2) is 18.2 Å². The van der Waals surface area contributed by atoms with E-state index in [1.807, 2.05) is 47.9 Å². The van der Waals surface area contributed by atoms with Crippen LogP contribution in [0.1, 0.15) is 29.5 Å². The van der Waals surface area contributed by atoms with Crippen LogP contribution >= 0.6 is 0 Å². The summed E-state index contributed by atoms with van der Waals surface area (Å²) in [5.41, 5.74) is 2.79. The van der Waals surface area contributed by atoms with Gasteiger partial charge in [-0.15, -0.1) is 0 Å². The van der Waals surface area contributed by atoms with Gasteiger partial charge >= 0.3 is 5.97 Å². The summed E-state index contributed by atoms with van der Waals surface area (Å²) in [6, 6.07) is 14.5. The number of rotatable bonds is 6. The van der Waals surface area contributed by atoms with Crippen molar-refractivity contribution in [3.05, 3.63) is 59.9 Å². The van der Waals surface area contributed by atoms with Gasteiger partial charge in [0.1, 0.15) is 5.82 Å². The third-order valence-corrected chi connectivity index (χ3v) is 7.46. The summed E-state index contributed by atoms with van der Waals surface area (Å²) in [5.74, 6) is -0.191. The van der Waals surface area contributed by atoms with Crippen LogP contribution in [0.25, 0.3) is 16.7 Å². The molecule has 0 unspecified atom stereocenters. The van der Waals surface area contributed by atoms with E-state index in [0.717, 1.165) is 17.0 Å². The summed E-state index contributed by atoms with van der Waals surface area (Å²) in [5, 5.41) is 0. The van der Waals surface area contributed by atoms with Crippen molar-refractivity contribution in [2.45, 2.75) is 26.3 Å². The minimum absolute atomic E-state index is 0.0411. The minimum Gasteiger partial charge on any atom is -0.452 e. The summed E-state index contributed by atoms with van der Waals surface area (Å²) in [7, 11) is -3.11. The highest BCUT2D eigenvalue weighted by Gasteiger charge is 2.34. The Morgan fingerprint density at radius 3 is 2.59 bits per heavy atom. The highest BCUT2D eigenvalue weighted by molar-refractivity contribution is 7.91. The number of para-hydroxylation sites is 1. The first kappa shape index (κ1) is 22.0. The van der Waals surface area contributed by atoms with Crippen LogP contribution in [-0.4, -0.2) is 65.4 Å². The molecule has 0 N–H and O–H groups in total. The summed E-state index contributed by atoms with van der Waals surface area (Å²) < 4.78 is 30.7. The lowest BCUT2D eigenvalue weighted by Gasteiger charge is -2.26. The number of ether oxygens (including phenoxy) is 1. The van der Waals surface area contributed by atoms with Crippen molar-refractivity contribution in [3.8, 4) is 5.69 Å². The van der Waals surface area contributed by atoms with E-state index in [-0.39, 0.29) is 17.5 Å². The van der Waals surface area contributed by atoms with E-state index in [0.29, 0.717) is 24.0 Å². The van der Waals surface area contributed by atoms with Crippen molar-refractivity contribution in [2.24, 2.45) is 0 Å². The lowest BCUT2D eigenvalue weighted by Crippen LogP contribution is -2.43. The van der Waals surface area contributed by atoms with Gasteiger partial charge in [0.25, 0.3) is 5.91 Å². The molecule has 1 amide bonds. The lowest BCUT2D eigenvalue weighted by atomic mass is 10.2. The number of benzene rings is 2. The Kier molecular flexibility index (Phi) is 6.01. The second-order valence-corrected chi connectivity index (χ2v) is 10.1. The molecule has 0 aliphatic carbocycles. The Morgan fingerprint density at radius 1 is 1.19 bits per heavy atom. The summed E-state index contributed by atoms with van der Waals surface area (Å²) in [4.78, 5) is 31.2. The Balaban J connectivity index is 1.46. The van der Waals surface area contributed by atoms with E-state index < -0.39 is 28.3 Å². The molecule has 3 aromatic rings. The van der Waals surface area contributed by atoms with Crippen LogP contribution in [0.5, 0.6) is 0 Å². The molecule has 0 bridgehead atoms. The molecular formula is C23H25N3O5S. The van der Waals surface area contributed by atoms with Crippen molar-refractivity contribution in [1.82, 2.24) is 14.5 Å². The van der Waals surface area contributed by atoms with Crippen molar-refractivity contribution >= 4 is 32.7 Å². The fourth-order valence-electron chi connectivity index (χ4n) is 4.18. The van der Waals surface area contributed by atoms with Gasteiger partial charge in [0.05, 0.1) is 28.1 Å². The van der Waals surface area contributed by atoms with Gasteiger partial charge in [0, 0.05) is 18.3 Å². The molecule has 1 atom stereocenters. The van der Waals surface area contributed by atoms with E-state index in [1.165, 1.54) is 4.90 Å². The van der Waals surface area contributed by atoms with Crippen LogP contribution in [0.15, 0.2) is 48.5 Å². The monoisotopic (exact) mass is 455 g/mol. The van der Waals surface area contributed by atoms with Crippen LogP contribution in [-0.2, 0) is 19.4 Å². The van der Waals surface area contributed by atoms with E-state index in [9.17, 15) is 18.0 Å². The maximum atomic E-state index is 12.6. The quantitative estimate of drug-likeness (QED) is 0.530. The van der Waals surface area contributed by atoms with Crippen molar-refractivity contribution in [3.63, 3.8) is 0 Å². The summed E-state index contributed by atoms with van der Waals surface area (Å²) in [6.45, 7) is 3.60. The average Bonchev–Trinajstić information content (AvgIpc) is 3.30. The number of imidazole rings is 1. The number of fused-ring (bicyclic) bond motifs is 1. The Hall–Kier alpha value is -3.20. The van der Waals surface area contributed by atoms with Gasteiger partial charge in [-0.1, -0.05) is 18.2 Å².